The molecule has 1 amide bonds. The van der Waals surface area contributed by atoms with Crippen LogP contribution in [0.4, 0.5) is 0 Å². The highest BCUT2D eigenvalue weighted by Gasteiger charge is 2.68. The highest BCUT2D eigenvalue weighted by Crippen LogP contribution is 2.67. The van der Waals surface area contributed by atoms with E-state index in [0.29, 0.717) is 13.0 Å². The van der Waals surface area contributed by atoms with Crippen LogP contribution in [0.15, 0.2) is 48.3 Å². The maximum Gasteiger partial charge on any atom is 0.306 e. The minimum absolute atomic E-state index is 0.0125. The Kier molecular flexibility index (Phi) is 7.56. The summed E-state index contributed by atoms with van der Waals surface area (Å²) < 4.78 is 5.20. The van der Waals surface area contributed by atoms with Gasteiger partial charge in [-0.15, -0.1) is 0 Å². The molecule has 3 saturated carbocycles. The molecule has 214 valence electrons. The van der Waals surface area contributed by atoms with Crippen LogP contribution in [0.5, 0.6) is 0 Å². The largest absolute Gasteiger partial charge is 0.458 e. The van der Waals surface area contributed by atoms with E-state index < -0.39 is 40.9 Å². The van der Waals surface area contributed by atoms with E-state index in [2.05, 4.69) is 17.2 Å². The second-order valence-electron chi connectivity index (χ2n) is 12.3. The Morgan fingerprint density at radius 2 is 2.00 bits per heavy atom. The number of ether oxygens (including phenoxy) is 1. The first-order valence-electron chi connectivity index (χ1n) is 14.2. The van der Waals surface area contributed by atoms with Crippen molar-refractivity contribution in [1.29, 1.82) is 0 Å². The first-order chi connectivity index (χ1) is 19.0. The van der Waals surface area contributed by atoms with Gasteiger partial charge in [-0.05, 0) is 67.7 Å². The van der Waals surface area contributed by atoms with Gasteiger partial charge in [0, 0.05) is 42.1 Å². The van der Waals surface area contributed by atoms with E-state index in [1.807, 2.05) is 19.1 Å². The first-order valence-corrected chi connectivity index (χ1v) is 14.2. The number of nitrogens with one attached hydrogen (secondary N) is 1. The topological polar surface area (TPSA) is 143 Å². The summed E-state index contributed by atoms with van der Waals surface area (Å²) >= 11 is 0. The lowest BCUT2D eigenvalue weighted by atomic mass is 9.46. The third-order valence-corrected chi connectivity index (χ3v) is 10.2. The van der Waals surface area contributed by atoms with Gasteiger partial charge in [-0.1, -0.05) is 31.6 Å². The number of fused-ring (bicyclic) bond motifs is 5. The number of aliphatic hydroxyl groups is 2. The van der Waals surface area contributed by atoms with Gasteiger partial charge in [0.05, 0.1) is 12.5 Å². The predicted octanol–water partition coefficient (Wildman–Crippen LogP) is 2.60. The molecule has 0 aromatic carbocycles. The molecule has 1 heterocycles. The highest BCUT2D eigenvalue weighted by atomic mass is 16.5. The van der Waals surface area contributed by atoms with Gasteiger partial charge < -0.3 is 20.3 Å². The molecule has 1 aromatic heterocycles. The number of ketones is 2. The number of carbonyl (C=O) groups excluding carboxylic acids is 4. The molecule has 9 nitrogen and oxygen atoms in total. The number of aromatic nitrogens is 1. The molecule has 0 saturated heterocycles. The van der Waals surface area contributed by atoms with Gasteiger partial charge in [-0.2, -0.15) is 0 Å². The summed E-state index contributed by atoms with van der Waals surface area (Å²) in [7, 11) is 0. The molecular weight excluding hydrogens is 512 g/mol. The standard InChI is InChI=1S/C31H38N2O7/c1-29-11-9-21(34)14-20(29)5-6-22-23-10-12-31(39,30(23,2)15-24(35)28(22)29)25(36)18-40-27(38)8-7-26(37)33-17-19-4-3-13-32-16-19/h3-4,9,11,13-14,16,22-24,28,35,39H,5-8,10,12,15,17-18H2,1-2H3,(H,33,37)/t22-,23-,24-,28-,29-,30-,31-/m0/s1. The fourth-order valence-electron chi connectivity index (χ4n) is 8.13. The number of Topliss-reactive ketones (excluding diaryl/α,β-unsaturated/α-hetero) is 1. The van der Waals surface area contributed by atoms with Crippen LogP contribution in [0.25, 0.3) is 0 Å². The van der Waals surface area contributed by atoms with Crippen LogP contribution in [0.2, 0.25) is 0 Å². The van der Waals surface area contributed by atoms with Gasteiger partial charge >= 0.3 is 5.97 Å². The molecule has 0 radical (unpaired) electrons. The smallest absolute Gasteiger partial charge is 0.306 e. The van der Waals surface area contributed by atoms with Crippen molar-refractivity contribution in [2.45, 2.75) is 77.0 Å². The second kappa shape index (κ2) is 10.7. The van der Waals surface area contributed by atoms with Gasteiger partial charge in [0.15, 0.2) is 12.4 Å². The highest BCUT2D eigenvalue weighted by molar-refractivity contribution is 6.01. The SMILES string of the molecule is C[C@]12C=CC(=O)C=C1CC[C@@H]1[C@H]2[C@@H](O)C[C@@]2(C)[C@H]1CC[C@]2(O)C(=O)COC(=O)CCC(=O)NCc1cccnc1. The lowest BCUT2D eigenvalue weighted by Gasteiger charge is -2.59. The molecule has 5 rings (SSSR count). The zero-order valence-corrected chi connectivity index (χ0v) is 23.1. The quantitative estimate of drug-likeness (QED) is 0.419. The monoisotopic (exact) mass is 550 g/mol. The van der Waals surface area contributed by atoms with E-state index in [0.717, 1.165) is 24.0 Å². The van der Waals surface area contributed by atoms with Crippen molar-refractivity contribution in [3.63, 3.8) is 0 Å². The Morgan fingerprint density at radius 1 is 1.20 bits per heavy atom. The van der Waals surface area contributed by atoms with Gasteiger partial charge in [0.2, 0.25) is 11.7 Å². The number of esters is 1. The van der Waals surface area contributed by atoms with E-state index in [-0.39, 0.29) is 55.1 Å². The van der Waals surface area contributed by atoms with Crippen LogP contribution >= 0.6 is 0 Å². The number of rotatable bonds is 8. The summed E-state index contributed by atoms with van der Waals surface area (Å²) in [5, 5.41) is 25.9. The Morgan fingerprint density at radius 3 is 2.75 bits per heavy atom. The van der Waals surface area contributed by atoms with Crippen molar-refractivity contribution in [2.24, 2.45) is 28.6 Å². The van der Waals surface area contributed by atoms with Crippen LogP contribution in [0, 0.1) is 28.6 Å². The number of nitrogens with zero attached hydrogens (tertiary/aromatic N) is 1. The van der Waals surface area contributed by atoms with Crippen molar-refractivity contribution >= 4 is 23.4 Å². The summed E-state index contributed by atoms with van der Waals surface area (Å²) in [4.78, 5) is 53.8. The molecule has 9 heteroatoms. The zero-order chi connectivity index (χ0) is 28.7. The minimum atomic E-state index is -1.72. The van der Waals surface area contributed by atoms with Crippen LogP contribution in [0.3, 0.4) is 0 Å². The van der Waals surface area contributed by atoms with Crippen molar-refractivity contribution in [3.05, 3.63) is 53.9 Å². The molecule has 0 bridgehead atoms. The van der Waals surface area contributed by atoms with Crippen LogP contribution < -0.4 is 5.32 Å². The normalized spacial score (nSPS) is 36.1. The molecular formula is C31H38N2O7. The maximum absolute atomic E-state index is 13.4. The van der Waals surface area contributed by atoms with Gasteiger partial charge in [0.1, 0.15) is 5.60 Å². The molecule has 0 unspecified atom stereocenters. The summed E-state index contributed by atoms with van der Waals surface area (Å²) in [6, 6.07) is 3.60. The van der Waals surface area contributed by atoms with Crippen LogP contribution in [0.1, 0.15) is 64.4 Å². The molecule has 3 N–H and O–H groups in total. The number of allylic oxidation sites excluding steroid dienone is 4. The van der Waals surface area contributed by atoms with E-state index >= 15 is 0 Å². The second-order valence-corrected chi connectivity index (χ2v) is 12.3. The van der Waals surface area contributed by atoms with Crippen molar-refractivity contribution in [2.75, 3.05) is 6.61 Å². The summed E-state index contributed by atoms with van der Waals surface area (Å²) in [5.74, 6) is -1.60. The lowest BCUT2D eigenvalue weighted by Crippen LogP contribution is -2.61. The fraction of sp³-hybridized carbons (Fsp3) is 0.581. The third-order valence-electron chi connectivity index (χ3n) is 10.2. The molecule has 4 aliphatic carbocycles. The van der Waals surface area contributed by atoms with Crippen molar-refractivity contribution < 1.29 is 34.1 Å². The minimum Gasteiger partial charge on any atom is -0.458 e. The molecule has 4 aliphatic rings. The van der Waals surface area contributed by atoms with Gasteiger partial charge in [-0.25, -0.2) is 0 Å². The van der Waals surface area contributed by atoms with Crippen LogP contribution in [-0.2, 0) is 30.5 Å². The average Bonchev–Trinajstić information content (AvgIpc) is 3.20. The van der Waals surface area contributed by atoms with E-state index in [1.54, 1.807) is 30.6 Å². The van der Waals surface area contributed by atoms with Gasteiger partial charge in [0.25, 0.3) is 0 Å². The zero-order valence-electron chi connectivity index (χ0n) is 23.1. The predicted molar refractivity (Wildman–Crippen MR) is 144 cm³/mol. The first kappa shape index (κ1) is 28.4. The third kappa shape index (κ3) is 4.83. The number of hydrogen-bond donors (Lipinski definition) is 3. The molecule has 1 aromatic rings. The molecule has 0 spiro atoms. The Labute approximate surface area is 234 Å². The Bertz CT molecular complexity index is 1260. The number of pyridine rings is 1. The maximum atomic E-state index is 13.4. The van der Waals surface area contributed by atoms with Crippen LogP contribution in [-0.4, -0.2) is 57.0 Å². The van der Waals surface area contributed by atoms with E-state index in [9.17, 15) is 29.4 Å². The number of hydrogen-bond acceptors (Lipinski definition) is 8. The summed E-state index contributed by atoms with van der Waals surface area (Å²) in [6.45, 7) is 3.68. The average molecular weight is 551 g/mol. The van der Waals surface area contributed by atoms with Gasteiger partial charge in [-0.3, -0.25) is 24.2 Å². The van der Waals surface area contributed by atoms with E-state index in [1.165, 1.54) is 0 Å². The molecule has 3 fully saturated rings. The fourth-order valence-corrected chi connectivity index (χ4v) is 8.13. The number of carbonyl (C=O) groups is 4. The molecule has 0 aliphatic heterocycles. The summed E-state index contributed by atoms with van der Waals surface area (Å²) in [5.41, 5.74) is -1.13. The Balaban J connectivity index is 1.18. The number of amides is 1. The Hall–Kier alpha value is -3.17. The van der Waals surface area contributed by atoms with E-state index in [4.69, 9.17) is 4.74 Å². The summed E-state index contributed by atoms with van der Waals surface area (Å²) in [6.07, 6.45) is 10.1. The molecule has 40 heavy (non-hydrogen) atoms. The molecule has 7 atom stereocenters. The van der Waals surface area contributed by atoms with Crippen molar-refractivity contribution in [3.8, 4) is 0 Å². The van der Waals surface area contributed by atoms with Crippen molar-refractivity contribution in [1.82, 2.24) is 10.3 Å². The number of aliphatic hydroxyl groups excluding tert-OH is 1. The lowest BCUT2D eigenvalue weighted by molar-refractivity contribution is -0.181.